The number of nitrogens with zero attached hydrogens (tertiary/aromatic N) is 2. The van der Waals surface area contributed by atoms with E-state index in [1.807, 2.05) is 37.3 Å². The Morgan fingerprint density at radius 2 is 1.94 bits per heavy atom. The molecule has 0 radical (unpaired) electrons. The molecule has 0 amide bonds. The zero-order valence-electron chi connectivity index (χ0n) is 9.58. The molecule has 88 valence electrons. The molecule has 0 saturated heterocycles. The minimum Gasteiger partial charge on any atom is -0.469 e. The highest BCUT2D eigenvalue weighted by molar-refractivity contribution is 5.18. The van der Waals surface area contributed by atoms with Gasteiger partial charge in [-0.3, -0.25) is 4.98 Å². The Morgan fingerprint density at radius 1 is 1.18 bits per heavy atom. The van der Waals surface area contributed by atoms with Crippen molar-refractivity contribution in [2.24, 2.45) is 0 Å². The van der Waals surface area contributed by atoms with Gasteiger partial charge in [-0.2, -0.15) is 0 Å². The van der Waals surface area contributed by atoms with Crippen LogP contribution >= 0.6 is 0 Å². The van der Waals surface area contributed by atoms with Crippen LogP contribution in [0.25, 0.3) is 0 Å². The molecular weight excluding hydrogens is 216 g/mol. The smallest absolute Gasteiger partial charge is 0.232 e. The number of aliphatic hydroxyl groups excluding tert-OH is 1. The summed E-state index contributed by atoms with van der Waals surface area (Å²) in [7, 11) is 0. The molecule has 1 atom stereocenters. The maximum atomic E-state index is 8.85. The molecular formula is C13H14N2O2. The van der Waals surface area contributed by atoms with Crippen molar-refractivity contribution in [2.45, 2.75) is 19.6 Å². The van der Waals surface area contributed by atoms with E-state index in [9.17, 15) is 0 Å². The van der Waals surface area contributed by atoms with Crippen LogP contribution in [0, 0.1) is 0 Å². The number of rotatable bonds is 4. The summed E-state index contributed by atoms with van der Waals surface area (Å²) in [6, 6.07) is 9.90. The lowest BCUT2D eigenvalue weighted by molar-refractivity contribution is 0.215. The molecule has 0 saturated carbocycles. The minimum absolute atomic E-state index is 0.0783. The van der Waals surface area contributed by atoms with Crippen LogP contribution in [0.2, 0.25) is 0 Å². The highest BCUT2D eigenvalue weighted by atomic mass is 16.5. The maximum absolute atomic E-state index is 8.85. The quantitative estimate of drug-likeness (QED) is 0.874. The molecule has 1 N–H and O–H groups in total. The van der Waals surface area contributed by atoms with Gasteiger partial charge in [-0.25, -0.2) is 4.98 Å². The Kier molecular flexibility index (Phi) is 3.67. The topological polar surface area (TPSA) is 55.2 Å². The Bertz CT molecular complexity index is 457. The molecule has 4 nitrogen and oxygen atoms in total. The number of hydrogen-bond acceptors (Lipinski definition) is 4. The second-order valence-electron chi connectivity index (χ2n) is 3.67. The van der Waals surface area contributed by atoms with E-state index in [4.69, 9.17) is 9.84 Å². The predicted octanol–water partition coefficient (Wildman–Crippen LogP) is 2.11. The van der Waals surface area contributed by atoms with E-state index in [0.29, 0.717) is 11.6 Å². The first-order valence-electron chi connectivity index (χ1n) is 5.43. The monoisotopic (exact) mass is 230 g/mol. The third-order valence-corrected chi connectivity index (χ3v) is 2.41. The van der Waals surface area contributed by atoms with E-state index in [1.54, 1.807) is 0 Å². The van der Waals surface area contributed by atoms with Crippen LogP contribution in [-0.2, 0) is 6.61 Å². The Morgan fingerprint density at radius 3 is 2.53 bits per heavy atom. The lowest BCUT2D eigenvalue weighted by atomic mass is 10.1. The molecule has 0 fully saturated rings. The van der Waals surface area contributed by atoms with Gasteiger partial charge >= 0.3 is 0 Å². The van der Waals surface area contributed by atoms with E-state index in [-0.39, 0.29) is 12.7 Å². The van der Waals surface area contributed by atoms with Crippen LogP contribution in [0.1, 0.15) is 24.3 Å². The Balaban J connectivity index is 2.05. The molecule has 2 rings (SSSR count). The van der Waals surface area contributed by atoms with E-state index in [1.165, 1.54) is 12.4 Å². The molecule has 1 unspecified atom stereocenters. The van der Waals surface area contributed by atoms with E-state index in [2.05, 4.69) is 9.97 Å². The van der Waals surface area contributed by atoms with Crippen LogP contribution < -0.4 is 4.74 Å². The molecule has 0 aliphatic carbocycles. The highest BCUT2D eigenvalue weighted by Crippen LogP contribution is 2.18. The van der Waals surface area contributed by atoms with Crippen molar-refractivity contribution in [1.29, 1.82) is 0 Å². The fourth-order valence-corrected chi connectivity index (χ4v) is 1.46. The normalized spacial score (nSPS) is 12.1. The first-order chi connectivity index (χ1) is 8.29. The standard InChI is InChI=1S/C13H14N2O2/c1-10(11-5-3-2-4-6-11)17-13-8-14-12(9-16)7-15-13/h2-8,10,16H,9H2,1H3. The van der Waals surface area contributed by atoms with Gasteiger partial charge in [0.25, 0.3) is 0 Å². The van der Waals surface area contributed by atoms with Gasteiger partial charge in [-0.15, -0.1) is 0 Å². The second kappa shape index (κ2) is 5.41. The molecule has 1 aromatic carbocycles. The molecule has 4 heteroatoms. The molecule has 1 aromatic heterocycles. The summed E-state index contributed by atoms with van der Waals surface area (Å²) in [6.07, 6.45) is 2.95. The first kappa shape index (κ1) is 11.5. The van der Waals surface area contributed by atoms with Crippen molar-refractivity contribution in [3.05, 3.63) is 54.0 Å². The van der Waals surface area contributed by atoms with Crippen LogP contribution in [0.15, 0.2) is 42.7 Å². The van der Waals surface area contributed by atoms with Crippen molar-refractivity contribution < 1.29 is 9.84 Å². The number of aliphatic hydroxyl groups is 1. The number of ether oxygens (including phenoxy) is 1. The Hall–Kier alpha value is -1.94. The molecule has 2 aromatic rings. The zero-order chi connectivity index (χ0) is 12.1. The first-order valence-corrected chi connectivity index (χ1v) is 5.43. The number of hydrogen-bond donors (Lipinski definition) is 1. The lowest BCUT2D eigenvalue weighted by Gasteiger charge is -2.13. The largest absolute Gasteiger partial charge is 0.469 e. The molecule has 17 heavy (non-hydrogen) atoms. The lowest BCUT2D eigenvalue weighted by Crippen LogP contribution is -2.04. The highest BCUT2D eigenvalue weighted by Gasteiger charge is 2.07. The molecule has 0 aliphatic rings. The summed E-state index contributed by atoms with van der Waals surface area (Å²) in [5.74, 6) is 0.457. The van der Waals surface area contributed by atoms with Gasteiger partial charge in [0.2, 0.25) is 5.88 Å². The molecule has 1 heterocycles. The molecule has 0 spiro atoms. The second-order valence-corrected chi connectivity index (χ2v) is 3.67. The van der Waals surface area contributed by atoms with E-state index >= 15 is 0 Å². The van der Waals surface area contributed by atoms with Gasteiger partial charge in [0.05, 0.1) is 24.7 Å². The van der Waals surface area contributed by atoms with Gasteiger partial charge in [-0.1, -0.05) is 30.3 Å². The fourth-order valence-electron chi connectivity index (χ4n) is 1.46. The SMILES string of the molecule is CC(Oc1cnc(CO)cn1)c1ccccc1. The summed E-state index contributed by atoms with van der Waals surface area (Å²) in [5.41, 5.74) is 1.62. The third-order valence-electron chi connectivity index (χ3n) is 2.41. The Labute approximate surface area is 99.9 Å². The predicted molar refractivity (Wildman–Crippen MR) is 63.4 cm³/mol. The van der Waals surface area contributed by atoms with Crippen molar-refractivity contribution in [3.63, 3.8) is 0 Å². The van der Waals surface area contributed by atoms with Gasteiger partial charge in [0.15, 0.2) is 0 Å². The summed E-state index contributed by atoms with van der Waals surface area (Å²) in [4.78, 5) is 8.08. The fraction of sp³-hybridized carbons (Fsp3) is 0.231. The van der Waals surface area contributed by atoms with Crippen molar-refractivity contribution in [2.75, 3.05) is 0 Å². The van der Waals surface area contributed by atoms with Crippen LogP contribution in [-0.4, -0.2) is 15.1 Å². The van der Waals surface area contributed by atoms with Crippen molar-refractivity contribution in [1.82, 2.24) is 9.97 Å². The van der Waals surface area contributed by atoms with Gasteiger partial charge < -0.3 is 9.84 Å². The summed E-state index contributed by atoms with van der Waals surface area (Å²) < 4.78 is 5.64. The van der Waals surface area contributed by atoms with E-state index < -0.39 is 0 Å². The molecule has 0 aliphatic heterocycles. The van der Waals surface area contributed by atoms with Crippen LogP contribution in [0.3, 0.4) is 0 Å². The zero-order valence-corrected chi connectivity index (χ0v) is 9.58. The maximum Gasteiger partial charge on any atom is 0.232 e. The van der Waals surface area contributed by atoms with Crippen molar-refractivity contribution in [3.8, 4) is 5.88 Å². The van der Waals surface area contributed by atoms with Crippen LogP contribution in [0.5, 0.6) is 5.88 Å². The van der Waals surface area contributed by atoms with Crippen LogP contribution in [0.4, 0.5) is 0 Å². The van der Waals surface area contributed by atoms with Gasteiger partial charge in [0.1, 0.15) is 6.10 Å². The van der Waals surface area contributed by atoms with Gasteiger partial charge in [-0.05, 0) is 12.5 Å². The average molecular weight is 230 g/mol. The summed E-state index contributed by atoms with van der Waals surface area (Å²) in [5, 5.41) is 8.85. The third kappa shape index (κ3) is 3.01. The van der Waals surface area contributed by atoms with Crippen molar-refractivity contribution >= 4 is 0 Å². The summed E-state index contributed by atoms with van der Waals surface area (Å²) >= 11 is 0. The summed E-state index contributed by atoms with van der Waals surface area (Å²) in [6.45, 7) is 1.85. The van der Waals surface area contributed by atoms with E-state index in [0.717, 1.165) is 5.56 Å². The molecule has 0 bridgehead atoms. The number of aromatic nitrogens is 2. The minimum atomic E-state index is -0.110. The number of benzene rings is 1. The average Bonchev–Trinajstić information content (AvgIpc) is 2.40. The van der Waals surface area contributed by atoms with Gasteiger partial charge in [0, 0.05) is 0 Å².